The van der Waals surface area contributed by atoms with Crippen molar-refractivity contribution in [1.29, 1.82) is 0 Å². The highest BCUT2D eigenvalue weighted by Crippen LogP contribution is 2.24. The van der Waals surface area contributed by atoms with Crippen LogP contribution < -0.4 is 0 Å². The minimum Gasteiger partial charge on any atom is -0.481 e. The van der Waals surface area contributed by atoms with Crippen LogP contribution in [0.1, 0.15) is 23.7 Å². The van der Waals surface area contributed by atoms with Crippen LogP contribution in [0.3, 0.4) is 0 Å². The fourth-order valence-electron chi connectivity index (χ4n) is 2.53. The molecular weight excluding hydrogens is 329 g/mol. The first-order chi connectivity index (χ1) is 9.38. The standard InChI is InChI=1S/C14H15BrFNO3/c1-8-4-9(14(19)20)7-17(6-8)13(18)11-3-2-10(15)5-12(11)16/h2-3,5,8-9H,4,6-7H2,1H3,(H,19,20). The topological polar surface area (TPSA) is 57.6 Å². The summed E-state index contributed by atoms with van der Waals surface area (Å²) in [6, 6.07) is 4.24. The molecule has 0 aromatic heterocycles. The van der Waals surface area contributed by atoms with Gasteiger partial charge in [0.2, 0.25) is 0 Å². The number of halogens is 2. The van der Waals surface area contributed by atoms with Gasteiger partial charge in [-0.25, -0.2) is 4.39 Å². The highest BCUT2D eigenvalue weighted by Gasteiger charge is 2.32. The van der Waals surface area contributed by atoms with Crippen molar-refractivity contribution >= 4 is 27.8 Å². The van der Waals surface area contributed by atoms with Crippen LogP contribution in [0, 0.1) is 17.7 Å². The van der Waals surface area contributed by atoms with Crippen molar-refractivity contribution in [2.24, 2.45) is 11.8 Å². The molecule has 0 spiro atoms. The summed E-state index contributed by atoms with van der Waals surface area (Å²) in [5.41, 5.74) is -0.0218. The van der Waals surface area contributed by atoms with Gasteiger partial charge >= 0.3 is 5.97 Å². The molecule has 1 saturated heterocycles. The predicted molar refractivity (Wildman–Crippen MR) is 74.9 cm³/mol. The van der Waals surface area contributed by atoms with Crippen LogP contribution in [0.5, 0.6) is 0 Å². The van der Waals surface area contributed by atoms with Gasteiger partial charge in [0.25, 0.3) is 5.91 Å². The zero-order valence-corrected chi connectivity index (χ0v) is 12.6. The van der Waals surface area contributed by atoms with Crippen molar-refractivity contribution in [1.82, 2.24) is 4.90 Å². The van der Waals surface area contributed by atoms with E-state index in [1.165, 1.54) is 17.0 Å². The summed E-state index contributed by atoms with van der Waals surface area (Å²) in [6.07, 6.45) is 0.544. The van der Waals surface area contributed by atoms with E-state index >= 15 is 0 Å². The predicted octanol–water partition coefficient (Wildman–Crippen LogP) is 2.77. The summed E-state index contributed by atoms with van der Waals surface area (Å²) in [6.45, 7) is 2.49. The van der Waals surface area contributed by atoms with E-state index in [1.54, 1.807) is 6.07 Å². The van der Waals surface area contributed by atoms with E-state index in [4.69, 9.17) is 5.11 Å². The fraction of sp³-hybridized carbons (Fsp3) is 0.429. The smallest absolute Gasteiger partial charge is 0.308 e. The SMILES string of the molecule is CC1CC(C(=O)O)CN(C(=O)c2ccc(Br)cc2F)C1. The second-order valence-electron chi connectivity index (χ2n) is 5.21. The van der Waals surface area contributed by atoms with Crippen LogP contribution in [0.2, 0.25) is 0 Å². The van der Waals surface area contributed by atoms with Gasteiger partial charge in [0.15, 0.2) is 0 Å². The Morgan fingerprint density at radius 1 is 1.40 bits per heavy atom. The van der Waals surface area contributed by atoms with E-state index in [-0.39, 0.29) is 18.0 Å². The molecule has 1 N–H and O–H groups in total. The summed E-state index contributed by atoms with van der Waals surface area (Å²) in [5, 5.41) is 9.10. The second kappa shape index (κ2) is 5.91. The molecule has 20 heavy (non-hydrogen) atoms. The molecule has 6 heteroatoms. The van der Waals surface area contributed by atoms with E-state index in [0.717, 1.165) is 0 Å². The third-order valence-corrected chi connectivity index (χ3v) is 3.95. The van der Waals surface area contributed by atoms with Crippen LogP contribution in [0.4, 0.5) is 4.39 Å². The molecule has 2 rings (SSSR count). The van der Waals surface area contributed by atoms with Crippen molar-refractivity contribution in [2.45, 2.75) is 13.3 Å². The number of aliphatic carboxylic acids is 1. The lowest BCUT2D eigenvalue weighted by Gasteiger charge is -2.34. The second-order valence-corrected chi connectivity index (χ2v) is 6.13. The van der Waals surface area contributed by atoms with Crippen LogP contribution in [0.15, 0.2) is 22.7 Å². The summed E-state index contributed by atoms with van der Waals surface area (Å²) < 4.78 is 14.4. The number of hydrogen-bond acceptors (Lipinski definition) is 2. The van der Waals surface area contributed by atoms with Crippen molar-refractivity contribution in [3.63, 3.8) is 0 Å². The van der Waals surface area contributed by atoms with Crippen LogP contribution >= 0.6 is 15.9 Å². The molecule has 1 heterocycles. The van der Waals surface area contributed by atoms with Crippen LogP contribution in [0.25, 0.3) is 0 Å². The molecule has 108 valence electrons. The number of amides is 1. The number of hydrogen-bond donors (Lipinski definition) is 1. The Balaban J connectivity index is 2.21. The molecule has 2 unspecified atom stereocenters. The first-order valence-corrected chi connectivity index (χ1v) is 7.15. The summed E-state index contributed by atoms with van der Waals surface area (Å²) in [5.74, 6) is -2.46. The Morgan fingerprint density at radius 2 is 2.10 bits per heavy atom. The Morgan fingerprint density at radius 3 is 2.70 bits per heavy atom. The maximum atomic E-state index is 13.8. The summed E-state index contributed by atoms with van der Waals surface area (Å²) >= 11 is 3.14. The molecule has 0 saturated carbocycles. The quantitative estimate of drug-likeness (QED) is 0.898. The molecule has 2 atom stereocenters. The van der Waals surface area contributed by atoms with Gasteiger partial charge in [-0.3, -0.25) is 9.59 Å². The lowest BCUT2D eigenvalue weighted by atomic mass is 9.90. The minimum atomic E-state index is -0.911. The van der Waals surface area contributed by atoms with E-state index < -0.39 is 23.6 Å². The average molecular weight is 344 g/mol. The molecule has 1 aromatic rings. The molecule has 1 fully saturated rings. The Hall–Kier alpha value is -1.43. The average Bonchev–Trinajstić information content (AvgIpc) is 2.37. The number of carboxylic acids is 1. The lowest BCUT2D eigenvalue weighted by molar-refractivity contribution is -0.143. The van der Waals surface area contributed by atoms with Gasteiger partial charge in [0.1, 0.15) is 5.82 Å². The molecular formula is C14H15BrFNO3. The number of carbonyl (C=O) groups excluding carboxylic acids is 1. The number of benzene rings is 1. The minimum absolute atomic E-state index is 0.0218. The van der Waals surface area contributed by atoms with E-state index in [9.17, 15) is 14.0 Å². The number of likely N-dealkylation sites (tertiary alicyclic amines) is 1. The fourth-order valence-corrected chi connectivity index (χ4v) is 2.86. The Kier molecular flexibility index (Phi) is 4.42. The first kappa shape index (κ1) is 15.0. The van der Waals surface area contributed by atoms with Crippen molar-refractivity contribution in [2.75, 3.05) is 13.1 Å². The number of nitrogens with zero attached hydrogens (tertiary/aromatic N) is 1. The lowest BCUT2D eigenvalue weighted by Crippen LogP contribution is -2.45. The van der Waals surface area contributed by atoms with E-state index in [0.29, 0.717) is 17.4 Å². The number of carbonyl (C=O) groups is 2. The molecule has 0 bridgehead atoms. The maximum Gasteiger partial charge on any atom is 0.308 e. The van der Waals surface area contributed by atoms with Gasteiger partial charge in [0.05, 0.1) is 11.5 Å². The number of rotatable bonds is 2. The third-order valence-electron chi connectivity index (χ3n) is 3.46. The molecule has 1 amide bonds. The van der Waals surface area contributed by atoms with Gasteiger partial charge in [-0.05, 0) is 30.5 Å². The maximum absolute atomic E-state index is 13.8. The van der Waals surface area contributed by atoms with Gasteiger partial charge < -0.3 is 10.0 Å². The van der Waals surface area contributed by atoms with Crippen molar-refractivity contribution in [3.05, 3.63) is 34.1 Å². The molecule has 4 nitrogen and oxygen atoms in total. The normalized spacial score (nSPS) is 22.6. The van der Waals surface area contributed by atoms with Gasteiger partial charge in [-0.2, -0.15) is 0 Å². The number of piperidine rings is 1. The molecule has 0 radical (unpaired) electrons. The number of carboxylic acid groups (broad SMARTS) is 1. The van der Waals surface area contributed by atoms with Gasteiger partial charge in [-0.15, -0.1) is 0 Å². The van der Waals surface area contributed by atoms with Crippen LogP contribution in [-0.2, 0) is 4.79 Å². The largest absolute Gasteiger partial charge is 0.481 e. The van der Waals surface area contributed by atoms with Crippen molar-refractivity contribution < 1.29 is 19.1 Å². The summed E-state index contributed by atoms with van der Waals surface area (Å²) in [7, 11) is 0. The Bertz CT molecular complexity index is 549. The molecule has 1 aliphatic heterocycles. The first-order valence-electron chi connectivity index (χ1n) is 6.35. The molecule has 1 aliphatic rings. The van der Waals surface area contributed by atoms with Crippen LogP contribution in [-0.4, -0.2) is 35.0 Å². The zero-order chi connectivity index (χ0) is 14.9. The van der Waals surface area contributed by atoms with Crippen molar-refractivity contribution in [3.8, 4) is 0 Å². The zero-order valence-electron chi connectivity index (χ0n) is 11.0. The molecule has 0 aliphatic carbocycles. The highest BCUT2D eigenvalue weighted by molar-refractivity contribution is 9.10. The van der Waals surface area contributed by atoms with Gasteiger partial charge in [0, 0.05) is 17.6 Å². The van der Waals surface area contributed by atoms with E-state index in [2.05, 4.69) is 15.9 Å². The molecule has 1 aromatic carbocycles. The Labute approximate surface area is 124 Å². The summed E-state index contributed by atoms with van der Waals surface area (Å²) in [4.78, 5) is 24.9. The van der Waals surface area contributed by atoms with Gasteiger partial charge in [-0.1, -0.05) is 22.9 Å². The monoisotopic (exact) mass is 343 g/mol. The highest BCUT2D eigenvalue weighted by atomic mass is 79.9. The third kappa shape index (κ3) is 3.17. The van der Waals surface area contributed by atoms with E-state index in [1.807, 2.05) is 6.92 Å².